The second kappa shape index (κ2) is 38.4. The zero-order chi connectivity index (χ0) is 78.6. The molecule has 20 aromatic rings. The number of rotatable bonds is 12. The van der Waals surface area contributed by atoms with Gasteiger partial charge in [-0.25, -0.2) is 15.0 Å². The predicted molar refractivity (Wildman–Crippen MR) is 450 cm³/mol. The molecule has 0 amide bonds. The van der Waals surface area contributed by atoms with E-state index in [-0.39, 0.29) is 63.2 Å². The Labute approximate surface area is 725 Å². The number of fused-ring (bicyclic) bond motifs is 9. The Hall–Kier alpha value is -13.3. The predicted octanol–water partition coefficient (Wildman–Crippen LogP) is 19.5. The van der Waals surface area contributed by atoms with E-state index in [2.05, 4.69) is 203 Å². The van der Waals surface area contributed by atoms with Gasteiger partial charge in [-0.1, -0.05) is 60.7 Å². The Kier molecular flexibility index (Phi) is 26.9. The van der Waals surface area contributed by atoms with Gasteiger partial charge >= 0.3 is 42.1 Å². The van der Waals surface area contributed by atoms with E-state index in [1.165, 1.54) is 48.9 Å². The minimum atomic E-state index is 0. The van der Waals surface area contributed by atoms with Crippen LogP contribution in [0.4, 0.5) is 5.69 Å². The van der Waals surface area contributed by atoms with Crippen LogP contribution in [0.5, 0.6) is 34.5 Å². The van der Waals surface area contributed by atoms with Crippen LogP contribution in [0.3, 0.4) is 0 Å². The Balaban J connectivity index is 0.000000124. The van der Waals surface area contributed by atoms with E-state index in [9.17, 15) is 0 Å². The number of aromatic nitrogens is 16. The Morgan fingerprint density at radius 1 is 0.331 bits per heavy atom. The van der Waals surface area contributed by atoms with Crippen molar-refractivity contribution in [3.05, 3.63) is 378 Å². The van der Waals surface area contributed by atoms with Gasteiger partial charge in [0.25, 0.3) is 0 Å². The first-order valence-corrected chi connectivity index (χ1v) is 37.0. The third-order valence-corrected chi connectivity index (χ3v) is 18.8. The molecule has 24 heteroatoms. The van der Waals surface area contributed by atoms with Crippen molar-refractivity contribution in [2.45, 2.75) is 13.8 Å². The van der Waals surface area contributed by atoms with E-state index >= 15 is 0 Å². The number of hydrogen-bond acceptors (Lipinski definition) is 13. The van der Waals surface area contributed by atoms with Gasteiger partial charge in [-0.3, -0.25) is 23.7 Å². The van der Waals surface area contributed by atoms with Crippen molar-refractivity contribution in [3.63, 3.8) is 0 Å². The number of nitrogens with zero attached hydrogens (tertiary/aromatic N) is 18. The maximum atomic E-state index is 5.93. The molecule has 0 bridgehead atoms. The maximum absolute atomic E-state index is 5.93. The van der Waals surface area contributed by atoms with E-state index < -0.39 is 0 Å². The number of anilines is 1. The summed E-state index contributed by atoms with van der Waals surface area (Å²) in [6, 6.07) is 98.8. The van der Waals surface area contributed by atoms with Gasteiger partial charge in [-0.2, -0.15) is 57.4 Å². The van der Waals surface area contributed by atoms with Gasteiger partial charge in [0.05, 0.1) is 28.1 Å². The average Bonchev–Trinajstić information content (AvgIpc) is 1.63. The molecule has 118 heavy (non-hydrogen) atoms. The smallest absolute Gasteiger partial charge is 0.510 e. The summed E-state index contributed by atoms with van der Waals surface area (Å²) in [6.45, 7) is 5.96. The fraction of sp³-hybridized carbons (Fsp3) is 0.0745. The zero-order valence-corrected chi connectivity index (χ0v) is 71.7. The molecule has 0 aliphatic carbocycles. The maximum Gasteiger partial charge on any atom is 2.00 e. The number of para-hydroxylation sites is 3. The van der Waals surface area contributed by atoms with Crippen LogP contribution >= 0.6 is 0 Å². The van der Waals surface area contributed by atoms with Crippen LogP contribution in [0, 0.1) is 56.9 Å². The summed E-state index contributed by atoms with van der Waals surface area (Å²) in [5.74, 6) is 4.54. The molecule has 0 spiro atoms. The summed E-state index contributed by atoms with van der Waals surface area (Å²) in [7, 11) is 10.1. The molecule has 0 atom stereocenters. The standard InChI is InChI=1S/C20H16N4O.C19H14N4O.C19H15N4O.3C12H10N2.3Pt/c1-15-12-16(2)24(22-15)18-7-4-9-20(14-18)25-19-8-3-6-17(13-19)23-11-5-10-21-23;1-22-12-10-20-19(22)15-5-2-7-17(13-15)24-18-8-3-6-16(14-18)23-11-4-9-21-23;1-21-11-12-22(15-21)16-5-2-7-18(13-16)24-19-8-3-6-17(14-19)23-10-4-9-20-23;3*1-14-11-7-3-2-5-9(11)10-6-4-8-13-12(10)14;;;/h3-12H,1-2H3;2-12H,1H3;2-12,15H,1H3;3*2-8H,1H3;;;/q2*-2;-3;;;;;2*+2. The molecule has 1 aliphatic heterocycles. The monoisotopic (exact) mass is 2090 g/mol. The molecule has 12 heterocycles. The van der Waals surface area contributed by atoms with Gasteiger partial charge in [-0.15, -0.1) is 120 Å². The van der Waals surface area contributed by atoms with Crippen molar-refractivity contribution in [2.75, 3.05) is 11.9 Å². The van der Waals surface area contributed by atoms with Crippen molar-refractivity contribution < 1.29 is 77.4 Å². The van der Waals surface area contributed by atoms with Gasteiger partial charge < -0.3 is 42.3 Å². The number of hydrogen-bond donors (Lipinski definition) is 0. The van der Waals surface area contributed by atoms with Gasteiger partial charge in [0.1, 0.15) is 16.9 Å². The van der Waals surface area contributed by atoms with Crippen molar-refractivity contribution in [1.82, 2.24) is 82.2 Å². The summed E-state index contributed by atoms with van der Waals surface area (Å²) in [4.78, 5) is 21.4. The van der Waals surface area contributed by atoms with Gasteiger partial charge in [0, 0.05) is 190 Å². The molecule has 1 aliphatic rings. The summed E-state index contributed by atoms with van der Waals surface area (Å²) < 4.78 is 33.2. The van der Waals surface area contributed by atoms with Crippen LogP contribution in [0.1, 0.15) is 11.4 Å². The Morgan fingerprint density at radius 3 is 1.06 bits per heavy atom. The fourth-order valence-electron chi connectivity index (χ4n) is 13.4. The molecule has 21 rings (SSSR count). The third kappa shape index (κ3) is 19.0. The minimum absolute atomic E-state index is 0. The summed E-state index contributed by atoms with van der Waals surface area (Å²) in [5, 5.41) is 24.6. The molecule has 0 unspecified atom stereocenters. The van der Waals surface area contributed by atoms with Crippen molar-refractivity contribution >= 4 is 71.5 Å². The molecule has 11 aromatic heterocycles. The van der Waals surface area contributed by atoms with Crippen LogP contribution in [-0.2, 0) is 91.4 Å². The van der Waals surface area contributed by atoms with Crippen LogP contribution in [0.15, 0.2) is 323 Å². The number of benzene rings is 9. The molecule has 0 N–H and O–H groups in total. The van der Waals surface area contributed by atoms with Crippen molar-refractivity contribution in [2.24, 2.45) is 28.2 Å². The molecule has 0 saturated heterocycles. The van der Waals surface area contributed by atoms with Crippen molar-refractivity contribution in [3.8, 4) is 68.6 Å². The summed E-state index contributed by atoms with van der Waals surface area (Å²) in [6.07, 6.45) is 23.9. The average molecular weight is 2090 g/mol. The topological polar surface area (TPSA) is 177 Å². The molecule has 21 nitrogen and oxygen atoms in total. The number of aryl methyl sites for hydroxylation is 6. The Morgan fingerprint density at radius 2 is 0.695 bits per heavy atom. The minimum Gasteiger partial charge on any atom is -0.510 e. The van der Waals surface area contributed by atoms with E-state index in [0.29, 0.717) is 34.5 Å². The SMILES string of the molecule is CN1C=CN(c2[c-]c(Oc3[c-]c(-n4cccn4)ccc3)ccc2)[CH-]1.Cc1cc(C)n(-c2[c-]c(Oc3[c-]c(-n4cccn4)ccc3)ccc2)n1.Cn1c2ccccc2c2cccnc21.Cn1c2ccccc2c2cccnc21.Cn1c2ccccc2c2cccnc21.Cn1ccnc1-c1[c-]c(Oc2[c-]c(-n3cccn3)ccc2)ccc1.[Pt+2].[Pt+2].[Pt]. The number of ether oxygens (including phenoxy) is 3. The summed E-state index contributed by atoms with van der Waals surface area (Å²) >= 11 is 0. The van der Waals surface area contributed by atoms with E-state index in [4.69, 9.17) is 14.2 Å². The van der Waals surface area contributed by atoms with Gasteiger partial charge in [0.2, 0.25) is 0 Å². The first kappa shape index (κ1) is 82.7. The number of pyridine rings is 3. The third-order valence-electron chi connectivity index (χ3n) is 18.8. The molecule has 0 radical (unpaired) electrons. The van der Waals surface area contributed by atoms with Gasteiger partial charge in [-0.05, 0) is 135 Å². The van der Waals surface area contributed by atoms with Crippen LogP contribution in [0.2, 0.25) is 0 Å². The molecule has 9 aromatic carbocycles. The van der Waals surface area contributed by atoms with Gasteiger partial charge in [0.15, 0.2) is 0 Å². The van der Waals surface area contributed by atoms with Crippen LogP contribution in [0.25, 0.3) is 99.9 Å². The quantitative estimate of drug-likeness (QED) is 0.106. The fourth-order valence-corrected chi connectivity index (χ4v) is 13.4. The van der Waals surface area contributed by atoms with Crippen LogP contribution < -0.4 is 19.1 Å². The van der Waals surface area contributed by atoms with E-state index in [0.717, 1.165) is 68.2 Å². The van der Waals surface area contributed by atoms with E-state index in [1.807, 2.05) is 261 Å². The van der Waals surface area contributed by atoms with Crippen LogP contribution in [-0.4, -0.2) is 89.3 Å². The van der Waals surface area contributed by atoms with Crippen molar-refractivity contribution in [1.29, 1.82) is 0 Å². The first-order valence-electron chi connectivity index (χ1n) is 37.0. The summed E-state index contributed by atoms with van der Waals surface area (Å²) in [5.41, 5.74) is 14.0. The normalized spacial score (nSPS) is 11.2. The molecular weight excluding hydrogens is 2010 g/mol. The largest absolute Gasteiger partial charge is 2.00 e. The molecule has 592 valence electrons. The second-order valence-corrected chi connectivity index (χ2v) is 26.6. The molecular formula is C94H75N18O3Pt3-3. The number of imidazole rings is 1. The van der Waals surface area contributed by atoms with E-state index in [1.54, 1.807) is 38.8 Å². The molecule has 0 fully saturated rings. The Bertz CT molecular complexity index is 6300. The first-order chi connectivity index (χ1) is 56.4. The zero-order valence-electron chi connectivity index (χ0n) is 64.9. The molecule has 0 saturated carbocycles. The second-order valence-electron chi connectivity index (χ2n) is 26.6.